The number of halogens is 1. The lowest BCUT2D eigenvalue weighted by molar-refractivity contribution is 0.102. The number of hydrogen-bond donors (Lipinski definition) is 2. The van der Waals surface area contributed by atoms with Gasteiger partial charge in [-0.3, -0.25) is 10.1 Å². The highest BCUT2D eigenvalue weighted by molar-refractivity contribution is 7.15. The van der Waals surface area contributed by atoms with Gasteiger partial charge in [0.05, 0.1) is 16.3 Å². The molecule has 0 atom stereocenters. The predicted molar refractivity (Wildman–Crippen MR) is 70.7 cm³/mol. The van der Waals surface area contributed by atoms with E-state index in [2.05, 4.69) is 10.3 Å². The number of anilines is 2. The number of aryl methyl sites for hydroxylation is 1. The summed E-state index contributed by atoms with van der Waals surface area (Å²) in [5, 5.41) is 3.49. The van der Waals surface area contributed by atoms with Crippen molar-refractivity contribution in [3.8, 4) is 0 Å². The molecule has 0 aliphatic carbocycles. The smallest absolute Gasteiger partial charge is 0.259 e. The summed E-state index contributed by atoms with van der Waals surface area (Å²) >= 11 is 7.36. The van der Waals surface area contributed by atoms with Crippen LogP contribution in [0.4, 0.5) is 10.8 Å². The number of hydrogen-bond acceptors (Lipinski definition) is 4. The highest BCUT2D eigenvalue weighted by atomic mass is 35.5. The van der Waals surface area contributed by atoms with Gasteiger partial charge in [0.15, 0.2) is 5.13 Å². The molecule has 0 bridgehead atoms. The summed E-state index contributed by atoms with van der Waals surface area (Å²) in [5.74, 6) is -0.309. The number of aromatic nitrogens is 1. The van der Waals surface area contributed by atoms with E-state index < -0.39 is 0 Å². The Kier molecular flexibility index (Phi) is 3.31. The highest BCUT2D eigenvalue weighted by Gasteiger charge is 2.13. The standard InChI is InChI=1S/C11H10ClN3OS/c1-6-5-14-11(17-6)15-10(16)7-3-2-4-8(13)9(7)12/h2-5H,13H2,1H3,(H,14,15,16). The number of carbonyl (C=O) groups excluding carboxylic acids is 1. The quantitative estimate of drug-likeness (QED) is 0.822. The van der Waals surface area contributed by atoms with Crippen molar-refractivity contribution in [2.75, 3.05) is 11.1 Å². The molecule has 1 aromatic heterocycles. The lowest BCUT2D eigenvalue weighted by Crippen LogP contribution is -2.12. The third kappa shape index (κ3) is 2.57. The first kappa shape index (κ1) is 11.9. The molecule has 2 rings (SSSR count). The highest BCUT2D eigenvalue weighted by Crippen LogP contribution is 2.24. The van der Waals surface area contributed by atoms with E-state index in [0.29, 0.717) is 16.4 Å². The van der Waals surface area contributed by atoms with Crippen LogP contribution in [0.25, 0.3) is 0 Å². The van der Waals surface area contributed by atoms with Crippen LogP contribution in [0.15, 0.2) is 24.4 Å². The van der Waals surface area contributed by atoms with Crippen LogP contribution in [0, 0.1) is 6.92 Å². The lowest BCUT2D eigenvalue weighted by Gasteiger charge is -2.05. The molecule has 0 fully saturated rings. The number of carbonyl (C=O) groups is 1. The van der Waals surface area contributed by atoms with Crippen molar-refractivity contribution in [2.45, 2.75) is 6.92 Å². The number of nitrogens with zero attached hydrogens (tertiary/aromatic N) is 1. The molecule has 3 N–H and O–H groups in total. The minimum Gasteiger partial charge on any atom is -0.398 e. The summed E-state index contributed by atoms with van der Waals surface area (Å²) in [4.78, 5) is 17.0. The Bertz CT molecular complexity index is 568. The van der Waals surface area contributed by atoms with Crippen molar-refractivity contribution >= 4 is 39.7 Å². The molecule has 0 saturated heterocycles. The normalized spacial score (nSPS) is 10.2. The van der Waals surface area contributed by atoms with Crippen molar-refractivity contribution in [1.29, 1.82) is 0 Å². The first-order chi connectivity index (χ1) is 8.08. The molecule has 4 nitrogen and oxygen atoms in total. The molecule has 88 valence electrons. The Morgan fingerprint density at radius 3 is 2.94 bits per heavy atom. The average Bonchev–Trinajstić information content (AvgIpc) is 2.68. The van der Waals surface area contributed by atoms with Gasteiger partial charge in [0.25, 0.3) is 5.91 Å². The number of nitrogens with two attached hydrogens (primary N) is 1. The number of nitrogen functional groups attached to an aromatic ring is 1. The number of thiazole rings is 1. The van der Waals surface area contributed by atoms with E-state index in [-0.39, 0.29) is 10.9 Å². The molecule has 0 spiro atoms. The maximum Gasteiger partial charge on any atom is 0.259 e. The minimum atomic E-state index is -0.309. The van der Waals surface area contributed by atoms with Gasteiger partial charge < -0.3 is 5.73 Å². The molecule has 2 aromatic rings. The summed E-state index contributed by atoms with van der Waals surface area (Å²) in [6, 6.07) is 4.95. The minimum absolute atomic E-state index is 0.262. The first-order valence-corrected chi connectivity index (χ1v) is 6.05. The molecule has 0 aliphatic heterocycles. The second-order valence-corrected chi connectivity index (χ2v) is 5.05. The van der Waals surface area contributed by atoms with Crippen molar-refractivity contribution < 1.29 is 4.79 Å². The SMILES string of the molecule is Cc1cnc(NC(=O)c2cccc(N)c2Cl)s1. The van der Waals surface area contributed by atoms with Gasteiger partial charge in [-0.25, -0.2) is 4.98 Å². The zero-order valence-corrected chi connectivity index (χ0v) is 10.6. The first-order valence-electron chi connectivity index (χ1n) is 4.85. The zero-order chi connectivity index (χ0) is 12.4. The Labute approximate surface area is 107 Å². The fourth-order valence-corrected chi connectivity index (χ4v) is 2.17. The molecule has 0 unspecified atom stereocenters. The number of benzene rings is 1. The maximum absolute atomic E-state index is 11.9. The van der Waals surface area contributed by atoms with Crippen molar-refractivity contribution in [3.05, 3.63) is 39.9 Å². The number of rotatable bonds is 2. The van der Waals surface area contributed by atoms with Gasteiger partial charge in [0.2, 0.25) is 0 Å². The van der Waals surface area contributed by atoms with Gasteiger partial charge in [-0.05, 0) is 19.1 Å². The van der Waals surface area contributed by atoms with Gasteiger partial charge in [-0.1, -0.05) is 17.7 Å². The Morgan fingerprint density at radius 1 is 1.53 bits per heavy atom. The maximum atomic E-state index is 11.9. The van der Waals surface area contributed by atoms with Gasteiger partial charge in [-0.2, -0.15) is 0 Å². The third-order valence-electron chi connectivity index (χ3n) is 2.11. The van der Waals surface area contributed by atoms with E-state index in [4.69, 9.17) is 17.3 Å². The second kappa shape index (κ2) is 4.73. The van der Waals surface area contributed by atoms with E-state index in [1.165, 1.54) is 11.3 Å². The molecular formula is C11H10ClN3OS. The monoisotopic (exact) mass is 267 g/mol. The van der Waals surface area contributed by atoms with Crippen LogP contribution in [0.2, 0.25) is 5.02 Å². The van der Waals surface area contributed by atoms with E-state index in [1.54, 1.807) is 24.4 Å². The van der Waals surface area contributed by atoms with Crippen LogP contribution in [0.1, 0.15) is 15.2 Å². The summed E-state index contributed by atoms with van der Waals surface area (Å²) in [7, 11) is 0. The van der Waals surface area contributed by atoms with Gasteiger partial charge in [0, 0.05) is 11.1 Å². The van der Waals surface area contributed by atoms with Gasteiger partial charge >= 0.3 is 0 Å². The molecule has 0 radical (unpaired) electrons. The number of amides is 1. The van der Waals surface area contributed by atoms with Crippen molar-refractivity contribution in [1.82, 2.24) is 4.98 Å². The van der Waals surface area contributed by atoms with Crippen LogP contribution in [-0.4, -0.2) is 10.9 Å². The zero-order valence-electron chi connectivity index (χ0n) is 9.03. The summed E-state index contributed by atoms with van der Waals surface area (Å²) in [5.41, 5.74) is 6.36. The average molecular weight is 268 g/mol. The topological polar surface area (TPSA) is 68.0 Å². The fourth-order valence-electron chi connectivity index (χ4n) is 1.30. The molecule has 6 heteroatoms. The van der Waals surface area contributed by atoms with Gasteiger partial charge in [-0.15, -0.1) is 11.3 Å². The van der Waals surface area contributed by atoms with Crippen molar-refractivity contribution in [3.63, 3.8) is 0 Å². The molecule has 0 saturated carbocycles. The largest absolute Gasteiger partial charge is 0.398 e. The Morgan fingerprint density at radius 2 is 2.29 bits per heavy atom. The van der Waals surface area contributed by atoms with E-state index in [0.717, 1.165) is 4.88 Å². The predicted octanol–water partition coefficient (Wildman–Crippen LogP) is 2.94. The van der Waals surface area contributed by atoms with E-state index in [9.17, 15) is 4.79 Å². The second-order valence-electron chi connectivity index (χ2n) is 3.44. The molecule has 0 aliphatic rings. The van der Waals surface area contributed by atoms with E-state index >= 15 is 0 Å². The Balaban J connectivity index is 2.23. The van der Waals surface area contributed by atoms with Crippen LogP contribution < -0.4 is 11.1 Å². The summed E-state index contributed by atoms with van der Waals surface area (Å²) < 4.78 is 0. The van der Waals surface area contributed by atoms with Gasteiger partial charge in [0.1, 0.15) is 0 Å². The van der Waals surface area contributed by atoms with E-state index in [1.807, 2.05) is 6.92 Å². The molecule has 1 heterocycles. The summed E-state index contributed by atoms with van der Waals surface area (Å²) in [6.45, 7) is 1.92. The Hall–Kier alpha value is -1.59. The molecule has 1 aromatic carbocycles. The van der Waals surface area contributed by atoms with Crippen LogP contribution in [0.3, 0.4) is 0 Å². The van der Waals surface area contributed by atoms with Crippen LogP contribution >= 0.6 is 22.9 Å². The molecular weight excluding hydrogens is 258 g/mol. The lowest BCUT2D eigenvalue weighted by atomic mass is 10.2. The molecule has 1 amide bonds. The molecule has 17 heavy (non-hydrogen) atoms. The third-order valence-corrected chi connectivity index (χ3v) is 3.36. The summed E-state index contributed by atoms with van der Waals surface area (Å²) in [6.07, 6.45) is 1.70. The van der Waals surface area contributed by atoms with Crippen LogP contribution in [0.5, 0.6) is 0 Å². The fraction of sp³-hybridized carbons (Fsp3) is 0.0909. The van der Waals surface area contributed by atoms with Crippen LogP contribution in [-0.2, 0) is 0 Å². The van der Waals surface area contributed by atoms with Crippen molar-refractivity contribution in [2.24, 2.45) is 0 Å². The number of nitrogens with one attached hydrogen (secondary N) is 1.